The van der Waals surface area contributed by atoms with Gasteiger partial charge < -0.3 is 15.5 Å². The number of nitrogens with one attached hydrogen (secondary N) is 2. The maximum atomic E-state index is 13.9. The van der Waals surface area contributed by atoms with Crippen LogP contribution in [-0.2, 0) is 13.0 Å². The van der Waals surface area contributed by atoms with Crippen molar-refractivity contribution in [3.05, 3.63) is 75.1 Å². The number of aromatic nitrogens is 1. The monoisotopic (exact) mass is 444 g/mol. The molecule has 0 bridgehead atoms. The summed E-state index contributed by atoms with van der Waals surface area (Å²) in [4.78, 5) is 14.7. The van der Waals surface area contributed by atoms with Crippen LogP contribution in [0.3, 0.4) is 0 Å². The van der Waals surface area contributed by atoms with E-state index in [9.17, 15) is 9.18 Å². The Bertz CT molecular complexity index is 1150. The Labute approximate surface area is 183 Å². The van der Waals surface area contributed by atoms with Gasteiger partial charge in [0.2, 0.25) is 0 Å². The molecule has 0 aromatic heterocycles. The molecule has 2 N–H and O–H groups in total. The zero-order valence-electron chi connectivity index (χ0n) is 16.0. The van der Waals surface area contributed by atoms with Crippen LogP contribution in [0, 0.1) is 5.82 Å². The lowest BCUT2D eigenvalue weighted by atomic mass is 10.1. The SMILES string of the molecule is O=C(NCCc1ccccc1)c1c2c3c(n1-2)NCCN3Cc1c(Cl)ccc(F)c1Cl. The van der Waals surface area contributed by atoms with Gasteiger partial charge in [-0.1, -0.05) is 53.5 Å². The van der Waals surface area contributed by atoms with Crippen LogP contribution in [-0.4, -0.2) is 30.1 Å². The molecular formula is C22H19Cl2FN4O. The van der Waals surface area contributed by atoms with Crippen molar-refractivity contribution in [2.45, 2.75) is 13.0 Å². The van der Waals surface area contributed by atoms with Crippen molar-refractivity contribution >= 4 is 40.6 Å². The molecule has 3 heterocycles. The molecule has 0 unspecified atom stereocenters. The van der Waals surface area contributed by atoms with E-state index >= 15 is 0 Å². The van der Waals surface area contributed by atoms with Crippen LogP contribution in [0.2, 0.25) is 10.0 Å². The van der Waals surface area contributed by atoms with Crippen LogP contribution >= 0.6 is 23.2 Å². The third kappa shape index (κ3) is 3.20. The van der Waals surface area contributed by atoms with Crippen LogP contribution in [0.5, 0.6) is 0 Å². The minimum atomic E-state index is -0.486. The van der Waals surface area contributed by atoms with Gasteiger partial charge in [-0.15, -0.1) is 0 Å². The highest BCUT2D eigenvalue weighted by Crippen LogP contribution is 2.54. The lowest BCUT2D eigenvalue weighted by Gasteiger charge is -2.35. The number of fused-ring (bicyclic) bond motifs is 4. The Kier molecular flexibility index (Phi) is 4.83. The summed E-state index contributed by atoms with van der Waals surface area (Å²) in [7, 11) is 0. The molecule has 30 heavy (non-hydrogen) atoms. The predicted molar refractivity (Wildman–Crippen MR) is 118 cm³/mol. The number of carbonyl (C=O) groups excluding carboxylic acids is 1. The van der Waals surface area contributed by atoms with Crippen LogP contribution < -0.4 is 15.5 Å². The quantitative estimate of drug-likeness (QED) is 0.425. The predicted octanol–water partition coefficient (Wildman–Crippen LogP) is 4.64. The smallest absolute Gasteiger partial charge is 0.270 e. The number of nitrogens with zero attached hydrogens (tertiary/aromatic N) is 2. The van der Waals surface area contributed by atoms with Crippen molar-refractivity contribution in [2.75, 3.05) is 29.9 Å². The molecule has 5 rings (SSSR count). The third-order valence-electron chi connectivity index (χ3n) is 5.53. The minimum Gasteiger partial charge on any atom is -0.368 e. The molecule has 3 aliphatic rings. The van der Waals surface area contributed by atoms with E-state index < -0.39 is 5.82 Å². The van der Waals surface area contributed by atoms with Crippen molar-refractivity contribution < 1.29 is 9.18 Å². The number of amides is 1. The van der Waals surface area contributed by atoms with Crippen molar-refractivity contribution in [1.29, 1.82) is 0 Å². The number of hydrogen-bond donors (Lipinski definition) is 2. The van der Waals surface area contributed by atoms with E-state index in [2.05, 4.69) is 15.5 Å². The fourth-order valence-electron chi connectivity index (χ4n) is 3.98. The number of hydrogen-bond acceptors (Lipinski definition) is 3. The molecule has 0 saturated carbocycles. The Morgan fingerprint density at radius 1 is 1.13 bits per heavy atom. The molecule has 2 aromatic rings. The maximum absolute atomic E-state index is 13.9. The van der Waals surface area contributed by atoms with Crippen molar-refractivity contribution in [1.82, 2.24) is 9.88 Å². The highest BCUT2D eigenvalue weighted by atomic mass is 35.5. The second kappa shape index (κ2) is 7.52. The van der Waals surface area contributed by atoms with E-state index in [0.717, 1.165) is 30.2 Å². The molecule has 0 aliphatic carbocycles. The van der Waals surface area contributed by atoms with Gasteiger partial charge in [-0.2, -0.15) is 0 Å². The van der Waals surface area contributed by atoms with Gasteiger partial charge in [0.05, 0.1) is 5.02 Å². The van der Waals surface area contributed by atoms with Gasteiger partial charge in [0.15, 0.2) is 0 Å². The van der Waals surface area contributed by atoms with E-state index in [1.165, 1.54) is 17.7 Å². The first-order valence-electron chi connectivity index (χ1n) is 9.78. The average Bonchev–Trinajstić information content (AvgIpc) is 3.41. The van der Waals surface area contributed by atoms with E-state index in [1.807, 2.05) is 34.9 Å². The standard InChI is InChI=1S/C22H19Cl2FN4O/c23-15-6-7-16(25)17(24)14(15)12-28-11-10-26-21-19(28)18-20(29(18)21)22(30)27-9-8-13-4-2-1-3-5-13/h1-7,26H,8-12H2,(H,27,30). The Morgan fingerprint density at radius 3 is 2.73 bits per heavy atom. The average molecular weight is 445 g/mol. The fourth-order valence-corrected chi connectivity index (χ4v) is 4.47. The van der Waals surface area contributed by atoms with E-state index in [0.29, 0.717) is 35.9 Å². The summed E-state index contributed by atoms with van der Waals surface area (Å²) in [6.45, 7) is 2.39. The zero-order valence-corrected chi connectivity index (χ0v) is 17.5. The van der Waals surface area contributed by atoms with Crippen molar-refractivity contribution in [3.8, 4) is 5.69 Å². The lowest BCUT2D eigenvalue weighted by Crippen LogP contribution is -2.36. The van der Waals surface area contributed by atoms with Gasteiger partial charge in [-0.25, -0.2) is 4.39 Å². The summed E-state index contributed by atoms with van der Waals surface area (Å²) in [5.74, 6) is 0.340. The minimum absolute atomic E-state index is 0.0445. The van der Waals surface area contributed by atoms with Crippen molar-refractivity contribution in [3.63, 3.8) is 0 Å². The Hall–Kier alpha value is -2.70. The normalized spacial score (nSPS) is 13.6. The first-order chi connectivity index (χ1) is 14.6. The molecular weight excluding hydrogens is 426 g/mol. The molecule has 0 fully saturated rings. The van der Waals surface area contributed by atoms with Crippen LogP contribution in [0.15, 0.2) is 42.5 Å². The molecule has 0 radical (unpaired) electrons. The highest BCUT2D eigenvalue weighted by molar-refractivity contribution is 6.36. The summed E-state index contributed by atoms with van der Waals surface area (Å²) < 4.78 is 15.8. The molecule has 154 valence electrons. The highest BCUT2D eigenvalue weighted by Gasteiger charge is 2.45. The molecule has 5 nitrogen and oxygen atoms in total. The maximum Gasteiger partial charge on any atom is 0.270 e. The van der Waals surface area contributed by atoms with E-state index in [-0.39, 0.29) is 10.9 Å². The zero-order chi connectivity index (χ0) is 20.8. The van der Waals surface area contributed by atoms with E-state index in [4.69, 9.17) is 23.2 Å². The largest absolute Gasteiger partial charge is 0.368 e. The van der Waals surface area contributed by atoms with Gasteiger partial charge in [-0.3, -0.25) is 9.36 Å². The Balaban J connectivity index is 1.30. The number of carbonyl (C=O) groups is 1. The molecule has 0 saturated heterocycles. The summed E-state index contributed by atoms with van der Waals surface area (Å²) in [6, 6.07) is 12.8. The summed E-state index contributed by atoms with van der Waals surface area (Å²) >= 11 is 12.4. The molecule has 2 aromatic carbocycles. The van der Waals surface area contributed by atoms with Gasteiger partial charge in [-0.05, 0) is 24.1 Å². The number of anilines is 2. The van der Waals surface area contributed by atoms with Crippen molar-refractivity contribution in [2.24, 2.45) is 0 Å². The van der Waals surface area contributed by atoms with Gasteiger partial charge in [0.1, 0.15) is 28.7 Å². The van der Waals surface area contributed by atoms with E-state index in [1.54, 1.807) is 0 Å². The third-order valence-corrected chi connectivity index (χ3v) is 6.29. The van der Waals surface area contributed by atoms with Gasteiger partial charge in [0, 0.05) is 36.8 Å². The molecule has 0 atom stereocenters. The fraction of sp³-hybridized carbons (Fsp3) is 0.227. The van der Waals surface area contributed by atoms with Crippen LogP contribution in [0.25, 0.3) is 5.69 Å². The van der Waals surface area contributed by atoms with Crippen LogP contribution in [0.4, 0.5) is 15.9 Å². The Morgan fingerprint density at radius 2 is 1.93 bits per heavy atom. The molecule has 0 spiro atoms. The molecule has 8 heteroatoms. The second-order valence-corrected chi connectivity index (χ2v) is 8.18. The van der Waals surface area contributed by atoms with Gasteiger partial charge in [0.25, 0.3) is 5.91 Å². The first-order valence-corrected chi connectivity index (χ1v) is 10.5. The first kappa shape index (κ1) is 19.3. The second-order valence-electron chi connectivity index (χ2n) is 7.39. The summed E-state index contributed by atoms with van der Waals surface area (Å²) in [5.41, 5.74) is 4.29. The lowest BCUT2D eigenvalue weighted by molar-refractivity contribution is 0.0955. The topological polar surface area (TPSA) is 49.3 Å². The number of rotatable bonds is 6. The van der Waals surface area contributed by atoms with Crippen LogP contribution in [0.1, 0.15) is 21.6 Å². The molecule has 3 aliphatic heterocycles. The summed E-state index contributed by atoms with van der Waals surface area (Å²) in [6.07, 6.45) is 0.781. The summed E-state index contributed by atoms with van der Waals surface area (Å²) in [5, 5.41) is 6.80. The molecule has 1 amide bonds. The van der Waals surface area contributed by atoms with Gasteiger partial charge >= 0.3 is 0 Å². The number of benzene rings is 2. The number of halogens is 3.